The molecule has 1 aromatic carbocycles. The summed E-state index contributed by atoms with van der Waals surface area (Å²) in [5.74, 6) is -0.196. The molecule has 1 fully saturated rings. The zero-order chi connectivity index (χ0) is 32.9. The number of ether oxygens (including phenoxy) is 1. The number of aromatic nitrogens is 3. The summed E-state index contributed by atoms with van der Waals surface area (Å²) in [6.07, 6.45) is 10.1. The van der Waals surface area contributed by atoms with Gasteiger partial charge >= 0.3 is 0 Å². The van der Waals surface area contributed by atoms with Crippen molar-refractivity contribution in [3.05, 3.63) is 47.3 Å². The molecule has 3 heterocycles. The van der Waals surface area contributed by atoms with Crippen molar-refractivity contribution in [2.75, 3.05) is 50.6 Å². The van der Waals surface area contributed by atoms with Crippen LogP contribution in [0, 0.1) is 0 Å². The van der Waals surface area contributed by atoms with E-state index in [4.69, 9.17) is 14.8 Å². The number of aryl methyl sites for hydroxylation is 2. The number of benzene rings is 1. The summed E-state index contributed by atoms with van der Waals surface area (Å²) < 4.78 is 9.04. The molecule has 0 spiro atoms. The number of carbonyl (C=O) groups is 2. The molecule has 46 heavy (non-hydrogen) atoms. The lowest BCUT2D eigenvalue weighted by atomic mass is 10.0. The van der Waals surface area contributed by atoms with Gasteiger partial charge in [-0.05, 0) is 76.9 Å². The van der Waals surface area contributed by atoms with Crippen molar-refractivity contribution in [1.29, 1.82) is 0 Å². The van der Waals surface area contributed by atoms with Gasteiger partial charge in [-0.1, -0.05) is 26.2 Å². The molecular formula is C34H50BrN7O4. The number of fused-ring (bicyclic) bond motifs is 1. The van der Waals surface area contributed by atoms with Crippen molar-refractivity contribution in [2.24, 2.45) is 0 Å². The monoisotopic (exact) mass is 699 g/mol. The summed E-state index contributed by atoms with van der Waals surface area (Å²) in [5, 5.41) is 21.2. The Kier molecular flexibility index (Phi) is 14.3. The Morgan fingerprint density at radius 3 is 2.48 bits per heavy atom. The Balaban J connectivity index is 1.34. The van der Waals surface area contributed by atoms with E-state index in [0.29, 0.717) is 30.8 Å². The Labute approximate surface area is 281 Å². The number of aliphatic hydroxyl groups is 1. The summed E-state index contributed by atoms with van der Waals surface area (Å²) in [5.41, 5.74) is 4.92. The lowest BCUT2D eigenvalue weighted by molar-refractivity contribution is -0.116. The predicted molar refractivity (Wildman–Crippen MR) is 186 cm³/mol. The van der Waals surface area contributed by atoms with Gasteiger partial charge in [-0.15, -0.1) is 0 Å². The molecule has 3 aromatic rings. The maximum Gasteiger partial charge on any atom is 0.264 e. The maximum atomic E-state index is 13.5. The summed E-state index contributed by atoms with van der Waals surface area (Å²) in [4.78, 5) is 33.1. The van der Waals surface area contributed by atoms with Gasteiger partial charge in [0.2, 0.25) is 5.91 Å². The molecule has 1 aliphatic rings. The zero-order valence-electron chi connectivity index (χ0n) is 27.6. The largest absolute Gasteiger partial charge is 0.395 e. The molecule has 0 atom stereocenters. The lowest BCUT2D eigenvalue weighted by Crippen LogP contribution is -2.29. The Morgan fingerprint density at radius 2 is 1.78 bits per heavy atom. The molecule has 0 radical (unpaired) electrons. The number of likely N-dealkylation sites (N-methyl/N-ethyl adjacent to an activating group) is 1. The van der Waals surface area contributed by atoms with E-state index in [1.807, 2.05) is 17.9 Å². The second kappa shape index (κ2) is 18.3. The summed E-state index contributed by atoms with van der Waals surface area (Å²) in [6.45, 7) is 8.52. The number of nitrogens with one attached hydrogen (secondary N) is 2. The molecule has 0 unspecified atom stereocenters. The van der Waals surface area contributed by atoms with E-state index in [9.17, 15) is 9.59 Å². The van der Waals surface area contributed by atoms with Crippen molar-refractivity contribution in [3.63, 3.8) is 0 Å². The van der Waals surface area contributed by atoms with Gasteiger partial charge in [-0.2, -0.15) is 5.10 Å². The number of hydrogen-bond acceptors (Lipinski definition) is 8. The third-order valence-electron chi connectivity index (χ3n) is 8.53. The van der Waals surface area contributed by atoms with E-state index in [1.54, 1.807) is 28.2 Å². The van der Waals surface area contributed by atoms with Gasteiger partial charge in [0.25, 0.3) is 5.91 Å². The van der Waals surface area contributed by atoms with Crippen LogP contribution in [0.15, 0.2) is 30.5 Å². The van der Waals surface area contributed by atoms with Crippen LogP contribution >= 0.6 is 16.1 Å². The molecule has 4 rings (SSSR count). The first-order valence-corrected chi connectivity index (χ1v) is 17.4. The molecule has 0 bridgehead atoms. The SMILES string of the molecule is CCc1nc2c(cnn2CC)c(NC2CCOCC2)c1CN(Br)C(=O)c1ccc(NC(=O)CCCCCCCN(C)CCO)cc1. The smallest absolute Gasteiger partial charge is 0.264 e. The van der Waals surface area contributed by atoms with Gasteiger partial charge in [0.1, 0.15) is 0 Å². The van der Waals surface area contributed by atoms with Crippen molar-refractivity contribution in [1.82, 2.24) is 23.6 Å². The van der Waals surface area contributed by atoms with Crippen LogP contribution in [0.3, 0.4) is 0 Å². The van der Waals surface area contributed by atoms with Crippen LogP contribution in [0.4, 0.5) is 11.4 Å². The topological polar surface area (TPSA) is 125 Å². The Bertz CT molecular complexity index is 1410. The minimum atomic E-state index is -0.177. The molecule has 12 heteroatoms. The zero-order valence-corrected chi connectivity index (χ0v) is 29.1. The number of amides is 2. The second-order valence-electron chi connectivity index (χ2n) is 12.0. The first-order chi connectivity index (χ1) is 22.3. The fraction of sp³-hybridized carbons (Fsp3) is 0.588. The van der Waals surface area contributed by atoms with Gasteiger partial charge in [0.15, 0.2) is 5.65 Å². The summed E-state index contributed by atoms with van der Waals surface area (Å²) in [6, 6.07) is 7.31. The van der Waals surface area contributed by atoms with Crippen LogP contribution in [0.2, 0.25) is 0 Å². The minimum absolute atomic E-state index is 0.0187. The van der Waals surface area contributed by atoms with Gasteiger partial charge in [-0.25, -0.2) is 9.67 Å². The molecular weight excluding hydrogens is 650 g/mol. The third kappa shape index (κ3) is 9.97. The number of anilines is 2. The number of rotatable bonds is 18. The number of carbonyl (C=O) groups excluding carboxylic acids is 2. The highest BCUT2D eigenvalue weighted by Crippen LogP contribution is 2.33. The van der Waals surface area contributed by atoms with E-state index >= 15 is 0 Å². The van der Waals surface area contributed by atoms with Crippen LogP contribution in [0.5, 0.6) is 0 Å². The fourth-order valence-electron chi connectivity index (χ4n) is 5.83. The average molecular weight is 701 g/mol. The molecule has 2 amide bonds. The van der Waals surface area contributed by atoms with E-state index < -0.39 is 0 Å². The molecule has 0 saturated carbocycles. The van der Waals surface area contributed by atoms with Crippen molar-refractivity contribution < 1.29 is 19.4 Å². The predicted octanol–water partition coefficient (Wildman–Crippen LogP) is 5.76. The van der Waals surface area contributed by atoms with E-state index in [-0.39, 0.29) is 24.5 Å². The van der Waals surface area contributed by atoms with Crippen LogP contribution < -0.4 is 10.6 Å². The van der Waals surface area contributed by atoms with Gasteiger partial charge in [-0.3, -0.25) is 13.5 Å². The standard InChI is InChI=1S/C34H50BrN7O4/c1-4-30-29(32(38-27-16-21-46-22-17-27)28-23-36-42(5-2)33(28)39-30)24-41(35)34(45)25-12-14-26(15-13-25)37-31(44)11-9-7-6-8-10-18-40(3)19-20-43/h12-15,23,27,43H,4-11,16-22,24H2,1-3H3,(H,37,44)(H,38,39). The van der Waals surface area contributed by atoms with E-state index in [2.05, 4.69) is 50.6 Å². The molecule has 11 nitrogen and oxygen atoms in total. The number of aliphatic hydroxyl groups excluding tert-OH is 1. The highest BCUT2D eigenvalue weighted by atomic mass is 79.9. The summed E-state index contributed by atoms with van der Waals surface area (Å²) in [7, 11) is 2.02. The van der Waals surface area contributed by atoms with Gasteiger partial charge < -0.3 is 25.4 Å². The van der Waals surface area contributed by atoms with Crippen molar-refractivity contribution >= 4 is 50.4 Å². The number of unbranched alkanes of at least 4 members (excludes halogenated alkanes) is 4. The van der Waals surface area contributed by atoms with Gasteiger partial charge in [0.05, 0.1) is 46.6 Å². The average Bonchev–Trinajstić information content (AvgIpc) is 3.48. The molecule has 252 valence electrons. The van der Waals surface area contributed by atoms with Gasteiger partial charge in [0, 0.05) is 61.3 Å². The maximum absolute atomic E-state index is 13.5. The van der Waals surface area contributed by atoms with Crippen LogP contribution in [-0.2, 0) is 29.0 Å². The molecule has 0 aliphatic carbocycles. The highest BCUT2D eigenvalue weighted by molar-refractivity contribution is 9.07. The molecule has 2 aromatic heterocycles. The second-order valence-corrected chi connectivity index (χ2v) is 12.8. The van der Waals surface area contributed by atoms with E-state index in [0.717, 1.165) is 106 Å². The number of nitrogens with zero attached hydrogens (tertiary/aromatic N) is 5. The minimum Gasteiger partial charge on any atom is -0.395 e. The Hall–Kier alpha value is -3.06. The quantitative estimate of drug-likeness (QED) is 0.113. The van der Waals surface area contributed by atoms with Crippen LogP contribution in [0.25, 0.3) is 11.0 Å². The van der Waals surface area contributed by atoms with Crippen LogP contribution in [-0.4, -0.2) is 86.5 Å². The third-order valence-corrected chi connectivity index (χ3v) is 9.11. The molecule has 1 saturated heterocycles. The molecule has 1 aliphatic heterocycles. The molecule has 3 N–H and O–H groups in total. The van der Waals surface area contributed by atoms with E-state index in [1.165, 1.54) is 0 Å². The highest BCUT2D eigenvalue weighted by Gasteiger charge is 2.24. The number of hydrogen-bond donors (Lipinski definition) is 3. The summed E-state index contributed by atoms with van der Waals surface area (Å²) >= 11 is 3.55. The number of halogens is 1. The fourth-order valence-corrected chi connectivity index (χ4v) is 6.29. The first-order valence-electron chi connectivity index (χ1n) is 16.7. The lowest BCUT2D eigenvalue weighted by Gasteiger charge is -2.27. The van der Waals surface area contributed by atoms with Crippen LogP contribution in [0.1, 0.15) is 86.8 Å². The van der Waals surface area contributed by atoms with Crippen molar-refractivity contribution in [3.8, 4) is 0 Å². The number of pyridine rings is 1. The first kappa shape index (κ1) is 35.8. The van der Waals surface area contributed by atoms with Crippen molar-refractivity contribution in [2.45, 2.75) is 90.8 Å². The Morgan fingerprint density at radius 1 is 1.07 bits per heavy atom. The normalized spacial score (nSPS) is 13.8.